The molecular formula is C21H22ClN3O3. The predicted molar refractivity (Wildman–Crippen MR) is 109 cm³/mol. The summed E-state index contributed by atoms with van der Waals surface area (Å²) in [6.45, 7) is 1.87. The largest absolute Gasteiger partial charge is 0.355 e. The van der Waals surface area contributed by atoms with E-state index in [1.54, 1.807) is 24.3 Å². The van der Waals surface area contributed by atoms with Crippen LogP contribution in [-0.2, 0) is 20.8 Å². The molecule has 0 heterocycles. The molecule has 0 saturated heterocycles. The lowest BCUT2D eigenvalue weighted by atomic mass is 10.0. The van der Waals surface area contributed by atoms with Gasteiger partial charge in [-0.3, -0.25) is 14.4 Å². The first kappa shape index (κ1) is 19.9. The number of amides is 3. The van der Waals surface area contributed by atoms with Crippen LogP contribution in [0.15, 0.2) is 48.5 Å². The van der Waals surface area contributed by atoms with Crippen molar-refractivity contribution in [2.45, 2.75) is 26.2 Å². The molecule has 0 atom stereocenters. The number of nitrogens with one attached hydrogen (secondary N) is 3. The van der Waals surface area contributed by atoms with Crippen molar-refractivity contribution in [2.24, 2.45) is 5.41 Å². The Morgan fingerprint density at radius 2 is 1.61 bits per heavy atom. The molecule has 0 spiro atoms. The lowest BCUT2D eigenvalue weighted by Crippen LogP contribution is -2.40. The van der Waals surface area contributed by atoms with Crippen LogP contribution < -0.4 is 16.0 Å². The average Bonchev–Trinajstić information content (AvgIpc) is 3.45. The minimum atomic E-state index is -1.01. The molecule has 1 saturated carbocycles. The smallest absolute Gasteiger partial charge is 0.240 e. The second-order valence-electron chi connectivity index (χ2n) is 6.93. The van der Waals surface area contributed by atoms with E-state index in [4.69, 9.17) is 11.6 Å². The molecule has 3 amide bonds. The molecule has 7 heteroatoms. The quantitative estimate of drug-likeness (QED) is 0.624. The van der Waals surface area contributed by atoms with Crippen molar-refractivity contribution in [3.63, 3.8) is 0 Å². The van der Waals surface area contributed by atoms with Crippen molar-refractivity contribution < 1.29 is 14.4 Å². The van der Waals surface area contributed by atoms with Gasteiger partial charge >= 0.3 is 0 Å². The van der Waals surface area contributed by atoms with Gasteiger partial charge in [-0.05, 0) is 55.2 Å². The Kier molecular flexibility index (Phi) is 5.99. The second-order valence-corrected chi connectivity index (χ2v) is 7.37. The fourth-order valence-electron chi connectivity index (χ4n) is 2.95. The van der Waals surface area contributed by atoms with Gasteiger partial charge in [0.25, 0.3) is 0 Å². The Labute approximate surface area is 168 Å². The lowest BCUT2D eigenvalue weighted by molar-refractivity contribution is -0.134. The van der Waals surface area contributed by atoms with Crippen LogP contribution in [0, 0.1) is 5.41 Å². The Balaban J connectivity index is 1.55. The normalized spacial score (nSPS) is 14.1. The van der Waals surface area contributed by atoms with Gasteiger partial charge < -0.3 is 16.0 Å². The highest BCUT2D eigenvalue weighted by Gasteiger charge is 2.56. The van der Waals surface area contributed by atoms with E-state index in [9.17, 15) is 14.4 Å². The number of hydrogen-bond acceptors (Lipinski definition) is 3. The average molecular weight is 400 g/mol. The second kappa shape index (κ2) is 8.44. The SMILES string of the molecule is CC(=O)Nc1cccc(NC(=O)C2(C(=O)NCCc3ccc(Cl)cc3)CC2)c1. The standard InChI is InChI=1S/C21H22ClN3O3/c1-14(26)24-17-3-2-4-18(13-17)25-20(28)21(10-11-21)19(27)23-12-9-15-5-7-16(22)8-6-15/h2-8,13H,9-12H2,1H3,(H,23,27)(H,24,26)(H,25,28). The molecule has 0 radical (unpaired) electrons. The van der Waals surface area contributed by atoms with Crippen molar-refractivity contribution in [3.05, 3.63) is 59.1 Å². The van der Waals surface area contributed by atoms with Gasteiger partial charge in [-0.15, -0.1) is 0 Å². The van der Waals surface area contributed by atoms with Gasteiger partial charge in [-0.1, -0.05) is 29.8 Å². The van der Waals surface area contributed by atoms with E-state index >= 15 is 0 Å². The van der Waals surface area contributed by atoms with Gasteiger partial charge in [0.1, 0.15) is 5.41 Å². The lowest BCUT2D eigenvalue weighted by Gasteiger charge is -2.16. The highest BCUT2D eigenvalue weighted by Crippen LogP contribution is 2.46. The molecule has 2 aromatic rings. The minimum absolute atomic E-state index is 0.192. The van der Waals surface area contributed by atoms with Gasteiger partial charge in [-0.25, -0.2) is 0 Å². The molecule has 6 nitrogen and oxygen atoms in total. The highest BCUT2D eigenvalue weighted by atomic mass is 35.5. The summed E-state index contributed by atoms with van der Waals surface area (Å²) in [6.07, 6.45) is 1.72. The number of carbonyl (C=O) groups is 3. The highest BCUT2D eigenvalue weighted by molar-refractivity contribution is 6.30. The van der Waals surface area contributed by atoms with Gasteiger partial charge in [0.05, 0.1) is 0 Å². The van der Waals surface area contributed by atoms with Crippen molar-refractivity contribution >= 4 is 40.7 Å². The van der Waals surface area contributed by atoms with E-state index < -0.39 is 5.41 Å². The third kappa shape index (κ3) is 4.89. The number of rotatable bonds is 7. The third-order valence-electron chi connectivity index (χ3n) is 4.67. The van der Waals surface area contributed by atoms with E-state index in [0.717, 1.165) is 5.56 Å². The summed E-state index contributed by atoms with van der Waals surface area (Å²) >= 11 is 5.87. The van der Waals surface area contributed by atoms with Gasteiger partial charge in [0.2, 0.25) is 17.7 Å². The number of benzene rings is 2. The molecule has 3 N–H and O–H groups in total. The van der Waals surface area contributed by atoms with E-state index in [0.29, 0.717) is 42.2 Å². The molecule has 0 bridgehead atoms. The van der Waals surface area contributed by atoms with Crippen molar-refractivity contribution in [1.29, 1.82) is 0 Å². The molecule has 0 aromatic heterocycles. The van der Waals surface area contributed by atoms with Crippen LogP contribution in [0.1, 0.15) is 25.3 Å². The van der Waals surface area contributed by atoms with Crippen molar-refractivity contribution in [1.82, 2.24) is 5.32 Å². The molecule has 1 fully saturated rings. The van der Waals surface area contributed by atoms with Crippen LogP contribution in [0.4, 0.5) is 11.4 Å². The zero-order valence-electron chi connectivity index (χ0n) is 15.5. The summed E-state index contributed by atoms with van der Waals surface area (Å²) in [6, 6.07) is 14.3. The van der Waals surface area contributed by atoms with E-state index in [1.165, 1.54) is 6.92 Å². The molecule has 1 aliphatic rings. The maximum atomic E-state index is 12.7. The summed E-state index contributed by atoms with van der Waals surface area (Å²) in [5.41, 5.74) is 1.18. The minimum Gasteiger partial charge on any atom is -0.355 e. The Hall–Kier alpha value is -2.86. The number of hydrogen-bond donors (Lipinski definition) is 3. The molecule has 1 aliphatic carbocycles. The van der Waals surface area contributed by atoms with E-state index in [-0.39, 0.29) is 17.7 Å². The Morgan fingerprint density at radius 3 is 2.21 bits per heavy atom. The Morgan fingerprint density at radius 1 is 0.964 bits per heavy atom. The molecule has 3 rings (SSSR count). The molecule has 2 aromatic carbocycles. The monoisotopic (exact) mass is 399 g/mol. The fraction of sp³-hybridized carbons (Fsp3) is 0.286. The zero-order valence-corrected chi connectivity index (χ0v) is 16.3. The first-order valence-electron chi connectivity index (χ1n) is 9.11. The number of halogens is 1. The summed E-state index contributed by atoms with van der Waals surface area (Å²) in [7, 11) is 0. The maximum Gasteiger partial charge on any atom is 0.240 e. The fourth-order valence-corrected chi connectivity index (χ4v) is 3.08. The van der Waals surface area contributed by atoms with E-state index in [2.05, 4.69) is 16.0 Å². The maximum absolute atomic E-state index is 12.7. The van der Waals surface area contributed by atoms with Gasteiger partial charge in [-0.2, -0.15) is 0 Å². The third-order valence-corrected chi connectivity index (χ3v) is 4.92. The van der Waals surface area contributed by atoms with Gasteiger partial charge in [0.15, 0.2) is 0 Å². The van der Waals surface area contributed by atoms with Crippen LogP contribution in [0.25, 0.3) is 0 Å². The summed E-state index contributed by atoms with van der Waals surface area (Å²) < 4.78 is 0. The van der Waals surface area contributed by atoms with Crippen molar-refractivity contribution in [3.8, 4) is 0 Å². The van der Waals surface area contributed by atoms with E-state index in [1.807, 2.05) is 24.3 Å². The van der Waals surface area contributed by atoms with Crippen LogP contribution in [-0.4, -0.2) is 24.3 Å². The summed E-state index contributed by atoms with van der Waals surface area (Å²) in [4.78, 5) is 36.4. The first-order valence-corrected chi connectivity index (χ1v) is 9.49. The zero-order chi connectivity index (χ0) is 20.1. The molecule has 28 heavy (non-hydrogen) atoms. The molecule has 0 aliphatic heterocycles. The van der Waals surface area contributed by atoms with Crippen LogP contribution in [0.3, 0.4) is 0 Å². The Bertz CT molecular complexity index is 892. The van der Waals surface area contributed by atoms with Crippen LogP contribution >= 0.6 is 11.6 Å². The number of anilines is 2. The molecule has 0 unspecified atom stereocenters. The number of carbonyl (C=O) groups excluding carboxylic acids is 3. The molecule has 146 valence electrons. The summed E-state index contributed by atoms with van der Waals surface area (Å²) in [5, 5.41) is 8.99. The first-order chi connectivity index (χ1) is 13.4. The van der Waals surface area contributed by atoms with Crippen LogP contribution in [0.2, 0.25) is 5.02 Å². The van der Waals surface area contributed by atoms with Gasteiger partial charge in [0, 0.05) is 29.9 Å². The topological polar surface area (TPSA) is 87.3 Å². The predicted octanol–water partition coefficient (Wildman–Crippen LogP) is 3.38. The van der Waals surface area contributed by atoms with Crippen molar-refractivity contribution in [2.75, 3.05) is 17.2 Å². The summed E-state index contributed by atoms with van der Waals surface area (Å²) in [5.74, 6) is -0.768. The molecular weight excluding hydrogens is 378 g/mol. The van der Waals surface area contributed by atoms with Crippen LogP contribution in [0.5, 0.6) is 0 Å².